The molecule has 0 fully saturated rings. The topological polar surface area (TPSA) is 40.6 Å². The third kappa shape index (κ3) is 2.39. The second kappa shape index (κ2) is 5.42. The zero-order chi connectivity index (χ0) is 14.9. The van der Waals surface area contributed by atoms with Crippen LogP contribution < -0.4 is 4.90 Å². The number of fused-ring (bicyclic) bond motifs is 1. The van der Waals surface area contributed by atoms with Crippen molar-refractivity contribution < 1.29 is 8.42 Å². The molecule has 0 saturated heterocycles. The minimum absolute atomic E-state index is 0.364. The maximum atomic E-state index is 12.6. The molecule has 0 N–H and O–H groups in total. The standard InChI is InChI=1S/C15H20N2O2S/c1-5-17(4)20(18,19)15-11-7-8-12-13(15)9-6-10-14(12)16(2)3/h6-11H,5H2,1-4H3. The first-order valence-corrected chi connectivity index (χ1v) is 7.99. The molecule has 0 aliphatic carbocycles. The first-order valence-electron chi connectivity index (χ1n) is 6.55. The fraction of sp³-hybridized carbons (Fsp3) is 0.333. The van der Waals surface area contributed by atoms with E-state index in [0.717, 1.165) is 16.5 Å². The predicted octanol–water partition coefficient (Wildman–Crippen LogP) is 2.55. The minimum Gasteiger partial charge on any atom is -0.377 e. The summed E-state index contributed by atoms with van der Waals surface area (Å²) < 4.78 is 26.5. The average Bonchev–Trinajstić information content (AvgIpc) is 2.44. The van der Waals surface area contributed by atoms with Gasteiger partial charge in [-0.1, -0.05) is 31.2 Å². The molecule has 0 aliphatic rings. The Kier molecular flexibility index (Phi) is 4.01. The van der Waals surface area contributed by atoms with Crippen LogP contribution in [0.4, 0.5) is 5.69 Å². The smallest absolute Gasteiger partial charge is 0.243 e. The molecule has 0 radical (unpaired) electrons. The maximum absolute atomic E-state index is 12.6. The van der Waals surface area contributed by atoms with Crippen molar-refractivity contribution in [1.29, 1.82) is 0 Å². The van der Waals surface area contributed by atoms with E-state index in [1.54, 1.807) is 19.2 Å². The first-order chi connectivity index (χ1) is 9.39. The van der Waals surface area contributed by atoms with Crippen LogP contribution in [0.2, 0.25) is 0 Å². The summed E-state index contributed by atoms with van der Waals surface area (Å²) in [7, 11) is 2.06. The molecule has 0 unspecified atom stereocenters. The third-order valence-electron chi connectivity index (χ3n) is 3.47. The van der Waals surface area contributed by atoms with E-state index in [4.69, 9.17) is 0 Å². The van der Waals surface area contributed by atoms with E-state index >= 15 is 0 Å². The molecule has 2 rings (SSSR count). The molecule has 0 spiro atoms. The van der Waals surface area contributed by atoms with Crippen LogP contribution in [-0.4, -0.2) is 40.4 Å². The SMILES string of the molecule is CCN(C)S(=O)(=O)c1cccc2c(N(C)C)cccc12. The minimum atomic E-state index is -3.44. The molecule has 2 aromatic rings. The monoisotopic (exact) mass is 292 g/mol. The van der Waals surface area contributed by atoms with Gasteiger partial charge in [-0.25, -0.2) is 12.7 Å². The molecule has 2 aromatic carbocycles. The maximum Gasteiger partial charge on any atom is 0.243 e. The second-order valence-corrected chi connectivity index (χ2v) is 6.96. The van der Waals surface area contributed by atoms with Crippen molar-refractivity contribution in [1.82, 2.24) is 4.31 Å². The van der Waals surface area contributed by atoms with Crippen molar-refractivity contribution in [2.45, 2.75) is 11.8 Å². The van der Waals surface area contributed by atoms with Gasteiger partial charge >= 0.3 is 0 Å². The lowest BCUT2D eigenvalue weighted by Gasteiger charge is -2.19. The molecular formula is C15H20N2O2S. The van der Waals surface area contributed by atoms with Crippen molar-refractivity contribution in [2.24, 2.45) is 0 Å². The number of hydrogen-bond acceptors (Lipinski definition) is 3. The van der Waals surface area contributed by atoms with Gasteiger partial charge in [0.25, 0.3) is 0 Å². The summed E-state index contributed by atoms with van der Waals surface area (Å²) in [4.78, 5) is 2.35. The molecule has 0 amide bonds. The number of anilines is 1. The van der Waals surface area contributed by atoms with E-state index in [1.807, 2.05) is 50.2 Å². The molecule has 5 heteroatoms. The number of benzene rings is 2. The number of sulfonamides is 1. The molecule has 0 bridgehead atoms. The summed E-state index contributed by atoms with van der Waals surface area (Å²) in [6.07, 6.45) is 0. The van der Waals surface area contributed by atoms with Crippen LogP contribution in [0.1, 0.15) is 6.92 Å². The summed E-state index contributed by atoms with van der Waals surface area (Å²) in [5.74, 6) is 0. The molecule has 4 nitrogen and oxygen atoms in total. The van der Waals surface area contributed by atoms with Crippen molar-refractivity contribution in [3.63, 3.8) is 0 Å². The fourth-order valence-corrected chi connectivity index (χ4v) is 3.60. The van der Waals surface area contributed by atoms with Crippen LogP contribution in [0.5, 0.6) is 0 Å². The van der Waals surface area contributed by atoms with E-state index in [9.17, 15) is 8.42 Å². The molecule has 0 atom stereocenters. The number of rotatable bonds is 4. The normalized spacial score (nSPS) is 12.1. The Bertz CT molecular complexity index is 724. The van der Waals surface area contributed by atoms with E-state index in [1.165, 1.54) is 4.31 Å². The third-order valence-corrected chi connectivity index (χ3v) is 5.47. The second-order valence-electron chi connectivity index (χ2n) is 4.94. The lowest BCUT2D eigenvalue weighted by Crippen LogP contribution is -2.26. The van der Waals surface area contributed by atoms with Gasteiger partial charge in [-0.3, -0.25) is 0 Å². The van der Waals surface area contributed by atoms with Gasteiger partial charge in [0, 0.05) is 44.1 Å². The quantitative estimate of drug-likeness (QED) is 0.869. The van der Waals surface area contributed by atoms with Gasteiger partial charge in [0.1, 0.15) is 0 Å². The molecule has 20 heavy (non-hydrogen) atoms. The van der Waals surface area contributed by atoms with Crippen LogP contribution in [-0.2, 0) is 10.0 Å². The Hall–Kier alpha value is -1.59. The average molecular weight is 292 g/mol. The van der Waals surface area contributed by atoms with Crippen molar-refractivity contribution in [3.8, 4) is 0 Å². The van der Waals surface area contributed by atoms with Gasteiger partial charge in [-0.2, -0.15) is 0 Å². The van der Waals surface area contributed by atoms with Crippen LogP contribution in [0.25, 0.3) is 10.8 Å². The lowest BCUT2D eigenvalue weighted by atomic mass is 10.1. The van der Waals surface area contributed by atoms with Crippen LogP contribution >= 0.6 is 0 Å². The van der Waals surface area contributed by atoms with Crippen LogP contribution in [0.3, 0.4) is 0 Å². The van der Waals surface area contributed by atoms with Gasteiger partial charge in [0.05, 0.1) is 4.90 Å². The summed E-state index contributed by atoms with van der Waals surface area (Å²) >= 11 is 0. The Labute approximate surface area is 120 Å². The summed E-state index contributed by atoms with van der Waals surface area (Å²) in [5.41, 5.74) is 1.01. The summed E-state index contributed by atoms with van der Waals surface area (Å²) in [6.45, 7) is 2.28. The molecule has 0 saturated carbocycles. The van der Waals surface area contributed by atoms with Gasteiger partial charge in [0.2, 0.25) is 10.0 Å². The van der Waals surface area contributed by atoms with E-state index in [2.05, 4.69) is 0 Å². The summed E-state index contributed by atoms with van der Waals surface area (Å²) in [5, 5.41) is 1.71. The predicted molar refractivity (Wildman–Crippen MR) is 83.8 cm³/mol. The Morgan fingerprint density at radius 3 is 2.15 bits per heavy atom. The lowest BCUT2D eigenvalue weighted by molar-refractivity contribution is 0.487. The van der Waals surface area contributed by atoms with Crippen LogP contribution in [0, 0.1) is 0 Å². The van der Waals surface area contributed by atoms with Gasteiger partial charge < -0.3 is 4.90 Å². The Morgan fingerprint density at radius 2 is 1.55 bits per heavy atom. The zero-order valence-electron chi connectivity index (χ0n) is 12.3. The Balaban J connectivity index is 2.77. The van der Waals surface area contributed by atoms with E-state index in [-0.39, 0.29) is 0 Å². The highest BCUT2D eigenvalue weighted by Gasteiger charge is 2.22. The van der Waals surface area contributed by atoms with Crippen LogP contribution in [0.15, 0.2) is 41.3 Å². The van der Waals surface area contributed by atoms with Gasteiger partial charge in [-0.05, 0) is 12.1 Å². The van der Waals surface area contributed by atoms with Crippen molar-refractivity contribution in [3.05, 3.63) is 36.4 Å². The van der Waals surface area contributed by atoms with Crippen molar-refractivity contribution in [2.75, 3.05) is 32.6 Å². The number of nitrogens with zero attached hydrogens (tertiary/aromatic N) is 2. The van der Waals surface area contributed by atoms with Gasteiger partial charge in [-0.15, -0.1) is 0 Å². The molecule has 0 aliphatic heterocycles. The first kappa shape index (κ1) is 14.8. The summed E-state index contributed by atoms with van der Waals surface area (Å²) in [6, 6.07) is 11.2. The molecule has 108 valence electrons. The number of hydrogen-bond donors (Lipinski definition) is 0. The van der Waals surface area contributed by atoms with E-state index < -0.39 is 10.0 Å². The molecule has 0 heterocycles. The fourth-order valence-electron chi connectivity index (χ4n) is 2.22. The highest BCUT2D eigenvalue weighted by molar-refractivity contribution is 7.89. The zero-order valence-corrected chi connectivity index (χ0v) is 13.1. The molecule has 0 aromatic heterocycles. The molecular weight excluding hydrogens is 272 g/mol. The Morgan fingerprint density at radius 1 is 0.950 bits per heavy atom. The van der Waals surface area contributed by atoms with Gasteiger partial charge in [0.15, 0.2) is 0 Å². The largest absolute Gasteiger partial charge is 0.377 e. The highest BCUT2D eigenvalue weighted by atomic mass is 32.2. The van der Waals surface area contributed by atoms with E-state index in [0.29, 0.717) is 11.4 Å². The highest BCUT2D eigenvalue weighted by Crippen LogP contribution is 2.31. The van der Waals surface area contributed by atoms with Crippen molar-refractivity contribution >= 4 is 26.5 Å².